The van der Waals surface area contributed by atoms with Crippen LogP contribution in [-0.4, -0.2) is 16.7 Å². The molecule has 5 heteroatoms. The van der Waals surface area contributed by atoms with Gasteiger partial charge >= 0.3 is 6.08 Å². The molecule has 0 aliphatic heterocycles. The standard InChI is InChI=1S/C8H13N3O2/c1-2-12-8-10-7(11-13-8)6(9)5-3-4-5/h5-6H,2-4,9H2,1H3. The second kappa shape index (κ2) is 3.33. The first kappa shape index (κ1) is 8.50. The predicted octanol–water partition coefficient (Wildman–Crippen LogP) is 0.878. The molecule has 5 nitrogen and oxygen atoms in total. The van der Waals surface area contributed by atoms with Crippen molar-refractivity contribution >= 4 is 0 Å². The second-order valence-electron chi connectivity index (χ2n) is 3.21. The fourth-order valence-electron chi connectivity index (χ4n) is 1.20. The molecule has 0 radical (unpaired) electrons. The highest BCUT2D eigenvalue weighted by Gasteiger charge is 2.32. The van der Waals surface area contributed by atoms with E-state index >= 15 is 0 Å². The van der Waals surface area contributed by atoms with Gasteiger partial charge in [-0.3, -0.25) is 4.52 Å². The SMILES string of the molecule is CCOc1nc(C(N)C2CC2)no1. The summed E-state index contributed by atoms with van der Waals surface area (Å²) in [7, 11) is 0. The summed E-state index contributed by atoms with van der Waals surface area (Å²) in [5.41, 5.74) is 5.87. The van der Waals surface area contributed by atoms with Gasteiger partial charge < -0.3 is 10.5 Å². The van der Waals surface area contributed by atoms with E-state index in [1.54, 1.807) is 0 Å². The van der Waals surface area contributed by atoms with Gasteiger partial charge in [-0.1, -0.05) is 5.16 Å². The molecule has 1 saturated carbocycles. The number of hydrogen-bond acceptors (Lipinski definition) is 5. The van der Waals surface area contributed by atoms with E-state index in [4.69, 9.17) is 15.0 Å². The minimum atomic E-state index is -0.0852. The second-order valence-corrected chi connectivity index (χ2v) is 3.21. The van der Waals surface area contributed by atoms with Crippen molar-refractivity contribution in [1.29, 1.82) is 0 Å². The lowest BCUT2D eigenvalue weighted by molar-refractivity contribution is 0.215. The molecule has 0 bridgehead atoms. The molecule has 1 atom stereocenters. The summed E-state index contributed by atoms with van der Waals surface area (Å²) in [4.78, 5) is 4.04. The Balaban J connectivity index is 2.03. The Morgan fingerprint density at radius 3 is 3.08 bits per heavy atom. The average Bonchev–Trinajstić information content (AvgIpc) is 2.87. The van der Waals surface area contributed by atoms with Crippen LogP contribution in [-0.2, 0) is 0 Å². The number of nitrogens with zero attached hydrogens (tertiary/aromatic N) is 2. The maximum absolute atomic E-state index is 5.87. The largest absolute Gasteiger partial charge is 0.449 e. The van der Waals surface area contributed by atoms with E-state index in [1.165, 1.54) is 12.8 Å². The Bertz CT molecular complexity index is 283. The lowest BCUT2D eigenvalue weighted by atomic mass is 10.2. The van der Waals surface area contributed by atoms with Gasteiger partial charge in [-0.2, -0.15) is 4.98 Å². The first-order valence-electron chi connectivity index (χ1n) is 4.53. The monoisotopic (exact) mass is 183 g/mol. The highest BCUT2D eigenvalue weighted by molar-refractivity contribution is 5.01. The van der Waals surface area contributed by atoms with E-state index < -0.39 is 0 Å². The summed E-state index contributed by atoms with van der Waals surface area (Å²) >= 11 is 0. The van der Waals surface area contributed by atoms with Crippen LogP contribution >= 0.6 is 0 Å². The maximum Gasteiger partial charge on any atom is 0.417 e. The van der Waals surface area contributed by atoms with E-state index in [0.717, 1.165) is 0 Å². The maximum atomic E-state index is 5.87. The Labute approximate surface area is 76.3 Å². The van der Waals surface area contributed by atoms with Crippen LogP contribution in [0, 0.1) is 5.92 Å². The zero-order chi connectivity index (χ0) is 9.26. The highest BCUT2D eigenvalue weighted by atomic mass is 16.6. The van der Waals surface area contributed by atoms with E-state index in [-0.39, 0.29) is 12.1 Å². The van der Waals surface area contributed by atoms with Crippen LogP contribution in [0.3, 0.4) is 0 Å². The molecule has 2 rings (SSSR count). The van der Waals surface area contributed by atoms with Crippen molar-refractivity contribution < 1.29 is 9.26 Å². The lowest BCUT2D eigenvalue weighted by Gasteiger charge is -2.01. The minimum Gasteiger partial charge on any atom is -0.449 e. The van der Waals surface area contributed by atoms with E-state index in [9.17, 15) is 0 Å². The molecular formula is C8H13N3O2. The molecule has 72 valence electrons. The molecule has 1 aliphatic carbocycles. The van der Waals surface area contributed by atoms with Gasteiger partial charge in [0, 0.05) is 0 Å². The molecule has 1 fully saturated rings. The van der Waals surface area contributed by atoms with Crippen molar-refractivity contribution in [2.24, 2.45) is 11.7 Å². The van der Waals surface area contributed by atoms with Crippen LogP contribution in [0.4, 0.5) is 0 Å². The fourth-order valence-corrected chi connectivity index (χ4v) is 1.20. The normalized spacial score (nSPS) is 18.6. The quantitative estimate of drug-likeness (QED) is 0.749. The molecule has 13 heavy (non-hydrogen) atoms. The summed E-state index contributed by atoms with van der Waals surface area (Å²) < 4.78 is 9.88. The Morgan fingerprint density at radius 2 is 2.46 bits per heavy atom. The lowest BCUT2D eigenvalue weighted by Crippen LogP contribution is -2.13. The van der Waals surface area contributed by atoms with Crippen LogP contribution in [0.15, 0.2) is 4.52 Å². The zero-order valence-electron chi connectivity index (χ0n) is 7.56. The smallest absolute Gasteiger partial charge is 0.417 e. The van der Waals surface area contributed by atoms with Gasteiger partial charge in [-0.05, 0) is 25.7 Å². The Kier molecular flexibility index (Phi) is 2.18. The van der Waals surface area contributed by atoms with Gasteiger partial charge in [-0.25, -0.2) is 0 Å². The van der Waals surface area contributed by atoms with Gasteiger partial charge in [-0.15, -0.1) is 0 Å². The number of rotatable bonds is 4. The molecule has 1 heterocycles. The van der Waals surface area contributed by atoms with Gasteiger partial charge in [0.05, 0.1) is 12.6 Å². The molecule has 0 saturated heterocycles. The first-order chi connectivity index (χ1) is 6.31. The Morgan fingerprint density at radius 1 is 1.69 bits per heavy atom. The molecule has 0 aromatic carbocycles. The number of ether oxygens (including phenoxy) is 1. The minimum absolute atomic E-state index is 0.0852. The summed E-state index contributed by atoms with van der Waals surface area (Å²) in [6.07, 6.45) is 2.55. The van der Waals surface area contributed by atoms with Crippen molar-refractivity contribution in [1.82, 2.24) is 10.1 Å². The van der Waals surface area contributed by atoms with E-state index in [0.29, 0.717) is 18.3 Å². The van der Waals surface area contributed by atoms with Crippen molar-refractivity contribution in [3.63, 3.8) is 0 Å². The van der Waals surface area contributed by atoms with Crippen molar-refractivity contribution in [2.75, 3.05) is 6.61 Å². The third-order valence-corrected chi connectivity index (χ3v) is 2.12. The molecule has 1 aliphatic rings. The average molecular weight is 183 g/mol. The molecule has 0 spiro atoms. The van der Waals surface area contributed by atoms with Gasteiger partial charge in [0.1, 0.15) is 0 Å². The van der Waals surface area contributed by atoms with Gasteiger partial charge in [0.25, 0.3) is 0 Å². The van der Waals surface area contributed by atoms with Crippen LogP contribution < -0.4 is 10.5 Å². The summed E-state index contributed by atoms with van der Waals surface area (Å²) in [5, 5.41) is 3.76. The zero-order valence-corrected chi connectivity index (χ0v) is 7.56. The molecule has 0 amide bonds. The molecule has 1 aromatic heterocycles. The predicted molar refractivity (Wildman–Crippen MR) is 45.1 cm³/mol. The fraction of sp³-hybridized carbons (Fsp3) is 0.750. The van der Waals surface area contributed by atoms with E-state index in [2.05, 4.69) is 10.1 Å². The van der Waals surface area contributed by atoms with Crippen molar-refractivity contribution in [3.05, 3.63) is 5.82 Å². The molecule has 2 N–H and O–H groups in total. The summed E-state index contributed by atoms with van der Waals surface area (Å²) in [5.74, 6) is 1.10. The van der Waals surface area contributed by atoms with Crippen LogP contribution in [0.1, 0.15) is 31.6 Å². The van der Waals surface area contributed by atoms with Gasteiger partial charge in [0.15, 0.2) is 5.82 Å². The molecule has 1 unspecified atom stereocenters. The number of nitrogens with two attached hydrogens (primary N) is 1. The van der Waals surface area contributed by atoms with E-state index in [1.807, 2.05) is 6.92 Å². The molecular weight excluding hydrogens is 170 g/mol. The highest BCUT2D eigenvalue weighted by Crippen LogP contribution is 2.38. The Hall–Kier alpha value is -1.10. The summed E-state index contributed by atoms with van der Waals surface area (Å²) in [6, 6.07) is -0.0852. The number of aromatic nitrogens is 2. The molecule has 1 aromatic rings. The first-order valence-corrected chi connectivity index (χ1v) is 4.53. The third-order valence-electron chi connectivity index (χ3n) is 2.12. The van der Waals surface area contributed by atoms with Crippen LogP contribution in [0.5, 0.6) is 6.08 Å². The van der Waals surface area contributed by atoms with Crippen LogP contribution in [0.25, 0.3) is 0 Å². The van der Waals surface area contributed by atoms with Crippen LogP contribution in [0.2, 0.25) is 0 Å². The topological polar surface area (TPSA) is 74.2 Å². The third kappa shape index (κ3) is 1.80. The van der Waals surface area contributed by atoms with Crippen molar-refractivity contribution in [2.45, 2.75) is 25.8 Å². The van der Waals surface area contributed by atoms with Gasteiger partial charge in [0.2, 0.25) is 0 Å². The number of hydrogen-bond donors (Lipinski definition) is 1. The summed E-state index contributed by atoms with van der Waals surface area (Å²) in [6.45, 7) is 2.39. The van der Waals surface area contributed by atoms with Crippen molar-refractivity contribution in [3.8, 4) is 6.08 Å².